The highest BCUT2D eigenvalue weighted by atomic mass is 35.5. The maximum atomic E-state index is 14.0. The molecule has 150 valence electrons. The molecule has 1 amide bonds. The van der Waals surface area contributed by atoms with E-state index in [4.69, 9.17) is 27.6 Å². The number of aryl methyl sites for hydroxylation is 1. The van der Waals surface area contributed by atoms with Crippen LogP contribution in [0.25, 0.3) is 11.5 Å². The van der Waals surface area contributed by atoms with Crippen LogP contribution in [0.15, 0.2) is 46.9 Å². The summed E-state index contributed by atoms with van der Waals surface area (Å²) < 4.78 is 19.4. The van der Waals surface area contributed by atoms with E-state index in [0.29, 0.717) is 5.56 Å². The van der Waals surface area contributed by atoms with E-state index in [0.717, 1.165) is 0 Å². The summed E-state index contributed by atoms with van der Waals surface area (Å²) in [5.74, 6) is -2.27. The highest BCUT2D eigenvalue weighted by molar-refractivity contribution is 6.42. The van der Waals surface area contributed by atoms with E-state index < -0.39 is 30.2 Å². The number of aromatic nitrogens is 1. The molecule has 0 aliphatic carbocycles. The summed E-state index contributed by atoms with van der Waals surface area (Å²) in [6, 6.07) is 9.62. The van der Waals surface area contributed by atoms with Gasteiger partial charge in [-0.25, -0.2) is 9.37 Å². The summed E-state index contributed by atoms with van der Waals surface area (Å²) in [6.45, 7) is 1.50. The maximum absolute atomic E-state index is 14.0. The number of hydrogen-bond acceptors (Lipinski definition) is 4. The SMILES string of the molecule is Cc1oc(-c2ccccc2F)nc1C(=O)NC(CC(=O)O)c1cccc(Cl)c1Cl. The molecule has 1 aromatic heterocycles. The fourth-order valence-electron chi connectivity index (χ4n) is 2.79. The molecule has 0 radical (unpaired) electrons. The fourth-order valence-corrected chi connectivity index (χ4v) is 3.23. The number of nitrogens with one attached hydrogen (secondary N) is 1. The predicted octanol–water partition coefficient (Wildman–Crippen LogP) is 5.04. The highest BCUT2D eigenvalue weighted by Gasteiger charge is 2.26. The summed E-state index contributed by atoms with van der Waals surface area (Å²) in [7, 11) is 0. The topological polar surface area (TPSA) is 92.4 Å². The van der Waals surface area contributed by atoms with Gasteiger partial charge >= 0.3 is 5.97 Å². The molecule has 0 fully saturated rings. The molecule has 0 aliphatic heterocycles. The number of rotatable bonds is 6. The Balaban J connectivity index is 1.92. The Bertz CT molecular complexity index is 1080. The summed E-state index contributed by atoms with van der Waals surface area (Å²) in [6.07, 6.45) is -0.428. The Morgan fingerprint density at radius 2 is 1.93 bits per heavy atom. The third-order valence-corrected chi connectivity index (χ3v) is 4.99. The van der Waals surface area contributed by atoms with Gasteiger partial charge in [0.05, 0.1) is 28.1 Å². The van der Waals surface area contributed by atoms with E-state index in [1.165, 1.54) is 25.1 Å². The van der Waals surface area contributed by atoms with Crippen molar-refractivity contribution in [2.75, 3.05) is 0 Å². The Hall–Kier alpha value is -2.90. The van der Waals surface area contributed by atoms with Gasteiger partial charge in [-0.2, -0.15) is 0 Å². The third-order valence-electron chi connectivity index (χ3n) is 4.16. The molecule has 3 rings (SSSR count). The lowest BCUT2D eigenvalue weighted by Gasteiger charge is -2.18. The minimum atomic E-state index is -1.14. The van der Waals surface area contributed by atoms with Crippen molar-refractivity contribution in [2.24, 2.45) is 0 Å². The van der Waals surface area contributed by atoms with Crippen molar-refractivity contribution in [1.82, 2.24) is 10.3 Å². The summed E-state index contributed by atoms with van der Waals surface area (Å²) in [5.41, 5.74) is 0.372. The Morgan fingerprint density at radius 3 is 2.62 bits per heavy atom. The first kappa shape index (κ1) is 20.8. The molecule has 0 saturated carbocycles. The molecule has 1 atom stereocenters. The Kier molecular flexibility index (Phi) is 6.20. The minimum Gasteiger partial charge on any atom is -0.481 e. The molecule has 9 heteroatoms. The second-order valence-corrected chi connectivity index (χ2v) is 6.96. The van der Waals surface area contributed by atoms with Gasteiger partial charge in [0, 0.05) is 0 Å². The zero-order valence-electron chi connectivity index (χ0n) is 15.1. The number of carboxylic acids is 1. The molecule has 0 aliphatic rings. The summed E-state index contributed by atoms with van der Waals surface area (Å²) in [4.78, 5) is 28.1. The van der Waals surface area contributed by atoms with Gasteiger partial charge in [0.1, 0.15) is 11.6 Å². The minimum absolute atomic E-state index is 0.0543. The van der Waals surface area contributed by atoms with Crippen LogP contribution in [0, 0.1) is 12.7 Å². The molecule has 0 bridgehead atoms. The summed E-state index contributed by atoms with van der Waals surface area (Å²) >= 11 is 12.2. The average Bonchev–Trinajstić information content (AvgIpc) is 3.05. The molecule has 1 heterocycles. The van der Waals surface area contributed by atoms with Crippen LogP contribution in [0.3, 0.4) is 0 Å². The first-order valence-corrected chi connectivity index (χ1v) is 9.22. The average molecular weight is 437 g/mol. The monoisotopic (exact) mass is 436 g/mol. The maximum Gasteiger partial charge on any atom is 0.305 e. The second kappa shape index (κ2) is 8.63. The number of hydrogen-bond donors (Lipinski definition) is 2. The Morgan fingerprint density at radius 1 is 1.21 bits per heavy atom. The van der Waals surface area contributed by atoms with E-state index in [1.807, 2.05) is 0 Å². The zero-order chi connectivity index (χ0) is 21.1. The van der Waals surface area contributed by atoms with Crippen LogP contribution >= 0.6 is 23.2 Å². The standard InChI is InChI=1S/C20H15Cl2FN2O4/c1-10-18(25-20(29-10)11-5-2-3-8-14(11)23)19(28)24-15(9-16(26)27)12-6-4-7-13(21)17(12)22/h2-8,15H,9H2,1H3,(H,24,28)(H,26,27). The predicted molar refractivity (Wildman–Crippen MR) is 106 cm³/mol. The number of carboxylic acid groups (broad SMARTS) is 1. The molecular formula is C20H15Cl2FN2O4. The normalized spacial score (nSPS) is 11.9. The lowest BCUT2D eigenvalue weighted by Crippen LogP contribution is -2.31. The first-order chi connectivity index (χ1) is 13.8. The van der Waals surface area contributed by atoms with Gasteiger partial charge in [0.2, 0.25) is 5.89 Å². The number of halogens is 3. The van der Waals surface area contributed by atoms with E-state index in [9.17, 15) is 19.1 Å². The zero-order valence-corrected chi connectivity index (χ0v) is 16.6. The van der Waals surface area contributed by atoms with Gasteiger partial charge in [-0.15, -0.1) is 0 Å². The van der Waals surface area contributed by atoms with Gasteiger partial charge in [-0.3, -0.25) is 9.59 Å². The number of nitrogens with zero attached hydrogens (tertiary/aromatic N) is 1. The molecule has 2 N–H and O–H groups in total. The number of aliphatic carboxylic acids is 1. The smallest absolute Gasteiger partial charge is 0.305 e. The largest absolute Gasteiger partial charge is 0.481 e. The van der Waals surface area contributed by atoms with Crippen LogP contribution in [0.5, 0.6) is 0 Å². The molecular weight excluding hydrogens is 422 g/mol. The lowest BCUT2D eigenvalue weighted by atomic mass is 10.0. The van der Waals surface area contributed by atoms with Crippen LogP contribution in [0.1, 0.15) is 34.3 Å². The van der Waals surface area contributed by atoms with Crippen molar-refractivity contribution >= 4 is 35.1 Å². The van der Waals surface area contributed by atoms with Crippen molar-refractivity contribution in [3.8, 4) is 11.5 Å². The first-order valence-electron chi connectivity index (χ1n) is 8.46. The van der Waals surface area contributed by atoms with Crippen LogP contribution in [-0.4, -0.2) is 22.0 Å². The number of oxazole rings is 1. The molecule has 2 aromatic carbocycles. The van der Waals surface area contributed by atoms with E-state index in [2.05, 4.69) is 10.3 Å². The highest BCUT2D eigenvalue weighted by Crippen LogP contribution is 2.32. The van der Waals surface area contributed by atoms with E-state index >= 15 is 0 Å². The van der Waals surface area contributed by atoms with E-state index in [-0.39, 0.29) is 33.0 Å². The van der Waals surface area contributed by atoms with Crippen LogP contribution in [-0.2, 0) is 4.79 Å². The fraction of sp³-hybridized carbons (Fsp3) is 0.150. The summed E-state index contributed by atoms with van der Waals surface area (Å²) in [5, 5.41) is 12.2. The number of carbonyl (C=O) groups is 2. The number of carbonyl (C=O) groups excluding carboxylic acids is 1. The quantitative estimate of drug-likeness (QED) is 0.564. The van der Waals surface area contributed by atoms with Crippen molar-refractivity contribution in [2.45, 2.75) is 19.4 Å². The second-order valence-electron chi connectivity index (χ2n) is 6.17. The number of benzene rings is 2. The lowest BCUT2D eigenvalue weighted by molar-refractivity contribution is -0.137. The van der Waals surface area contributed by atoms with Crippen molar-refractivity contribution < 1.29 is 23.5 Å². The van der Waals surface area contributed by atoms with Crippen molar-refractivity contribution in [3.63, 3.8) is 0 Å². The van der Waals surface area contributed by atoms with Crippen LogP contribution < -0.4 is 5.32 Å². The molecule has 6 nitrogen and oxygen atoms in total. The van der Waals surface area contributed by atoms with Crippen molar-refractivity contribution in [1.29, 1.82) is 0 Å². The molecule has 29 heavy (non-hydrogen) atoms. The molecule has 1 unspecified atom stereocenters. The van der Waals surface area contributed by atoms with Crippen LogP contribution in [0.4, 0.5) is 4.39 Å². The van der Waals surface area contributed by atoms with E-state index in [1.54, 1.807) is 24.3 Å². The Labute approximate surface area is 175 Å². The van der Waals surface area contributed by atoms with Crippen LogP contribution in [0.2, 0.25) is 10.0 Å². The number of amides is 1. The molecule has 0 saturated heterocycles. The van der Waals surface area contributed by atoms with Gasteiger partial charge in [-0.1, -0.05) is 47.5 Å². The molecule has 0 spiro atoms. The molecule has 3 aromatic rings. The van der Waals surface area contributed by atoms with Gasteiger partial charge in [0.25, 0.3) is 5.91 Å². The van der Waals surface area contributed by atoms with Gasteiger partial charge in [-0.05, 0) is 30.7 Å². The van der Waals surface area contributed by atoms with Crippen molar-refractivity contribution in [3.05, 3.63) is 75.3 Å². The van der Waals surface area contributed by atoms with Gasteiger partial charge < -0.3 is 14.8 Å². The van der Waals surface area contributed by atoms with Gasteiger partial charge in [0.15, 0.2) is 5.69 Å². The third kappa shape index (κ3) is 4.58.